The number of amides is 1. The van der Waals surface area contributed by atoms with Gasteiger partial charge in [0.25, 0.3) is 5.91 Å². The first-order valence-corrected chi connectivity index (χ1v) is 7.33. The minimum atomic E-state index is -0.313. The third kappa shape index (κ3) is 2.85. The molecule has 6 nitrogen and oxygen atoms in total. The van der Waals surface area contributed by atoms with E-state index in [1.54, 1.807) is 18.3 Å². The summed E-state index contributed by atoms with van der Waals surface area (Å²) in [5, 5.41) is 11.0. The lowest BCUT2D eigenvalue weighted by Crippen LogP contribution is -2.41. The van der Waals surface area contributed by atoms with E-state index in [9.17, 15) is 9.18 Å². The number of likely N-dealkylation sites (tertiary alicyclic amines) is 1. The largest absolute Gasteiger partial charge is 0.333 e. The van der Waals surface area contributed by atoms with Gasteiger partial charge in [0.2, 0.25) is 0 Å². The highest BCUT2D eigenvalue weighted by Gasteiger charge is 2.30. The van der Waals surface area contributed by atoms with Crippen molar-refractivity contribution < 1.29 is 9.18 Å². The van der Waals surface area contributed by atoms with Crippen LogP contribution < -0.4 is 5.32 Å². The molecule has 1 amide bonds. The maximum absolute atomic E-state index is 12.9. The molecule has 7 heteroatoms. The molecule has 116 valence electrons. The minimum Gasteiger partial charge on any atom is -0.333 e. The number of hydrogen-bond acceptors (Lipinski definition) is 4. The molecule has 0 aliphatic carbocycles. The predicted molar refractivity (Wildman–Crippen MR) is 79.3 cm³/mol. The summed E-state index contributed by atoms with van der Waals surface area (Å²) in [5.41, 5.74) is 0.980. The number of benzene rings is 1. The van der Waals surface area contributed by atoms with E-state index in [1.807, 2.05) is 11.9 Å². The molecule has 1 fully saturated rings. The number of halogens is 1. The van der Waals surface area contributed by atoms with Gasteiger partial charge in [-0.1, -0.05) is 5.21 Å². The third-order valence-corrected chi connectivity index (χ3v) is 3.88. The Morgan fingerprint density at radius 2 is 2.18 bits per heavy atom. The highest BCUT2D eigenvalue weighted by molar-refractivity contribution is 5.92. The number of aromatic nitrogens is 3. The number of nitrogens with one attached hydrogen (secondary N) is 1. The van der Waals surface area contributed by atoms with Crippen LogP contribution in [0.1, 0.15) is 23.3 Å². The van der Waals surface area contributed by atoms with Crippen molar-refractivity contribution in [2.24, 2.45) is 0 Å². The summed E-state index contributed by atoms with van der Waals surface area (Å²) in [6.45, 7) is 1.52. The van der Waals surface area contributed by atoms with Crippen molar-refractivity contribution in [3.05, 3.63) is 42.0 Å². The van der Waals surface area contributed by atoms with Crippen LogP contribution >= 0.6 is 0 Å². The van der Waals surface area contributed by atoms with Crippen molar-refractivity contribution >= 4 is 5.91 Å². The molecule has 0 radical (unpaired) electrons. The molecule has 2 heterocycles. The molecule has 1 aromatic carbocycles. The van der Waals surface area contributed by atoms with Gasteiger partial charge in [0, 0.05) is 19.1 Å². The normalized spacial score (nSPS) is 17.9. The van der Waals surface area contributed by atoms with E-state index < -0.39 is 0 Å². The predicted octanol–water partition coefficient (Wildman–Crippen LogP) is 1.23. The van der Waals surface area contributed by atoms with E-state index in [2.05, 4.69) is 15.6 Å². The van der Waals surface area contributed by atoms with Gasteiger partial charge in [-0.25, -0.2) is 9.07 Å². The van der Waals surface area contributed by atoms with E-state index in [0.717, 1.165) is 25.9 Å². The molecule has 1 atom stereocenters. The summed E-state index contributed by atoms with van der Waals surface area (Å²) >= 11 is 0. The van der Waals surface area contributed by atoms with E-state index in [4.69, 9.17) is 0 Å². The third-order valence-electron chi connectivity index (χ3n) is 3.88. The number of nitrogens with zero attached hydrogens (tertiary/aromatic N) is 4. The zero-order chi connectivity index (χ0) is 15.5. The van der Waals surface area contributed by atoms with Gasteiger partial charge >= 0.3 is 0 Å². The highest BCUT2D eigenvalue weighted by atomic mass is 19.1. The maximum Gasteiger partial charge on any atom is 0.276 e. The van der Waals surface area contributed by atoms with Gasteiger partial charge in [-0.2, -0.15) is 0 Å². The average molecular weight is 303 g/mol. The van der Waals surface area contributed by atoms with Crippen molar-refractivity contribution in [3.63, 3.8) is 0 Å². The number of hydrogen-bond donors (Lipinski definition) is 1. The van der Waals surface area contributed by atoms with Crippen molar-refractivity contribution in [1.82, 2.24) is 25.2 Å². The summed E-state index contributed by atoms with van der Waals surface area (Å²) < 4.78 is 14.4. The van der Waals surface area contributed by atoms with Gasteiger partial charge in [0.1, 0.15) is 5.82 Å². The first kappa shape index (κ1) is 14.6. The molecular weight excluding hydrogens is 285 g/mol. The summed E-state index contributed by atoms with van der Waals surface area (Å²) in [6.07, 6.45) is 3.59. The number of likely N-dealkylation sites (N-methyl/N-ethyl adjacent to an activating group) is 1. The molecule has 1 aliphatic rings. The van der Waals surface area contributed by atoms with Crippen LogP contribution in [0.5, 0.6) is 0 Å². The second kappa shape index (κ2) is 6.23. The standard InChI is InChI=1S/C15H18FN5O/c1-17-9-13-3-2-8-20(13)15(22)14-10-21(19-18-14)12-6-4-11(16)5-7-12/h4-7,10,13,17H,2-3,8-9H2,1H3/t13-/m0/s1. The van der Waals surface area contributed by atoms with Crippen LogP contribution in [0.3, 0.4) is 0 Å². The fraction of sp³-hybridized carbons (Fsp3) is 0.400. The van der Waals surface area contributed by atoms with Crippen LogP contribution in [0, 0.1) is 5.82 Å². The Balaban J connectivity index is 1.78. The van der Waals surface area contributed by atoms with Crippen molar-refractivity contribution in [2.45, 2.75) is 18.9 Å². The second-order valence-electron chi connectivity index (χ2n) is 5.38. The molecule has 0 unspecified atom stereocenters. The maximum atomic E-state index is 12.9. The molecule has 1 aromatic heterocycles. The SMILES string of the molecule is CNC[C@@H]1CCCN1C(=O)c1cn(-c2ccc(F)cc2)nn1. The van der Waals surface area contributed by atoms with Crippen molar-refractivity contribution in [1.29, 1.82) is 0 Å². The Labute approximate surface area is 127 Å². The zero-order valence-electron chi connectivity index (χ0n) is 12.4. The zero-order valence-corrected chi connectivity index (χ0v) is 12.4. The Morgan fingerprint density at radius 3 is 2.91 bits per heavy atom. The van der Waals surface area contributed by atoms with Crippen LogP contribution in [0.4, 0.5) is 4.39 Å². The van der Waals surface area contributed by atoms with Gasteiger partial charge in [-0.05, 0) is 44.2 Å². The fourth-order valence-electron chi connectivity index (χ4n) is 2.78. The average Bonchev–Trinajstić information content (AvgIpc) is 3.17. The summed E-state index contributed by atoms with van der Waals surface area (Å²) in [4.78, 5) is 14.4. The highest BCUT2D eigenvalue weighted by Crippen LogP contribution is 2.19. The molecule has 0 saturated carbocycles. The Morgan fingerprint density at radius 1 is 1.41 bits per heavy atom. The van der Waals surface area contributed by atoms with Crippen molar-refractivity contribution in [2.75, 3.05) is 20.1 Å². The number of carbonyl (C=O) groups excluding carboxylic acids is 1. The Bertz CT molecular complexity index is 654. The summed E-state index contributed by atoms with van der Waals surface area (Å²) in [7, 11) is 1.88. The summed E-state index contributed by atoms with van der Waals surface area (Å²) in [5.74, 6) is -0.418. The fourth-order valence-corrected chi connectivity index (χ4v) is 2.78. The monoisotopic (exact) mass is 303 g/mol. The lowest BCUT2D eigenvalue weighted by Gasteiger charge is -2.23. The molecule has 2 aromatic rings. The molecular formula is C15H18FN5O. The molecule has 1 N–H and O–H groups in total. The quantitative estimate of drug-likeness (QED) is 0.923. The van der Waals surface area contributed by atoms with Crippen LogP contribution in [0.25, 0.3) is 5.69 Å². The van der Waals surface area contributed by atoms with Crippen LogP contribution in [0.2, 0.25) is 0 Å². The van der Waals surface area contributed by atoms with E-state index in [1.165, 1.54) is 16.8 Å². The van der Waals surface area contributed by atoms with Gasteiger partial charge in [-0.15, -0.1) is 5.10 Å². The van der Waals surface area contributed by atoms with E-state index >= 15 is 0 Å². The minimum absolute atomic E-state index is 0.105. The van der Waals surface area contributed by atoms with Gasteiger partial charge in [-0.3, -0.25) is 4.79 Å². The van der Waals surface area contributed by atoms with Crippen LogP contribution in [-0.2, 0) is 0 Å². The summed E-state index contributed by atoms with van der Waals surface area (Å²) in [6, 6.07) is 6.09. The van der Waals surface area contributed by atoms with Crippen LogP contribution in [0.15, 0.2) is 30.5 Å². The van der Waals surface area contributed by atoms with Crippen molar-refractivity contribution in [3.8, 4) is 5.69 Å². The molecule has 1 aliphatic heterocycles. The molecule has 0 bridgehead atoms. The van der Waals surface area contributed by atoms with Gasteiger partial charge in [0.05, 0.1) is 11.9 Å². The molecule has 3 rings (SSSR count). The van der Waals surface area contributed by atoms with E-state index in [0.29, 0.717) is 11.4 Å². The number of rotatable bonds is 4. The Hall–Kier alpha value is -2.28. The van der Waals surface area contributed by atoms with Gasteiger partial charge < -0.3 is 10.2 Å². The molecule has 0 spiro atoms. The number of carbonyl (C=O) groups is 1. The smallest absolute Gasteiger partial charge is 0.276 e. The first-order chi connectivity index (χ1) is 10.7. The lowest BCUT2D eigenvalue weighted by molar-refractivity contribution is 0.0731. The lowest BCUT2D eigenvalue weighted by atomic mass is 10.2. The van der Waals surface area contributed by atoms with E-state index in [-0.39, 0.29) is 17.8 Å². The van der Waals surface area contributed by atoms with Gasteiger partial charge in [0.15, 0.2) is 5.69 Å². The topological polar surface area (TPSA) is 63.1 Å². The Kier molecular flexibility index (Phi) is 4.15. The molecule has 1 saturated heterocycles. The molecule has 22 heavy (non-hydrogen) atoms. The first-order valence-electron chi connectivity index (χ1n) is 7.33. The van der Waals surface area contributed by atoms with Crippen LogP contribution in [-0.4, -0.2) is 52.0 Å². The second-order valence-corrected chi connectivity index (χ2v) is 5.38.